The number of methoxy groups -OCH3 is 1. The maximum absolute atomic E-state index is 12.7. The second-order valence-corrected chi connectivity index (χ2v) is 5.13. The van der Waals surface area contributed by atoms with Gasteiger partial charge in [-0.05, 0) is 35.9 Å². The Bertz CT molecular complexity index is 867. The lowest BCUT2D eigenvalue weighted by Crippen LogP contribution is -2.06. The van der Waals surface area contributed by atoms with Crippen LogP contribution in [0.2, 0.25) is 0 Å². The first-order valence-electron chi connectivity index (χ1n) is 7.42. The first-order chi connectivity index (χ1) is 12.3. The third-order valence-electron chi connectivity index (χ3n) is 3.38. The molecule has 0 fully saturated rings. The van der Waals surface area contributed by atoms with E-state index in [0.717, 1.165) is 12.1 Å². The fraction of sp³-hybridized carbons (Fsp3) is 0.158. The number of nitriles is 1. The van der Waals surface area contributed by atoms with Crippen LogP contribution in [0.3, 0.4) is 0 Å². The molecule has 4 nitrogen and oxygen atoms in total. The van der Waals surface area contributed by atoms with E-state index < -0.39 is 17.5 Å². The maximum atomic E-state index is 12.7. The first-order valence-corrected chi connectivity index (χ1v) is 7.42. The predicted octanol–water partition coefficient (Wildman–Crippen LogP) is 4.51. The standard InChI is InChI=1S/C19H14F3NO3/c1-25-18-11-13(6-8-17(18)26-10-9-23)5-7-16(24)14-3-2-4-15(12-14)19(20,21)22/h2-8,11-12H,10H2,1H3. The average molecular weight is 361 g/mol. The van der Waals surface area contributed by atoms with Crippen molar-refractivity contribution in [3.05, 3.63) is 65.2 Å². The molecule has 0 heterocycles. The highest BCUT2D eigenvalue weighted by Crippen LogP contribution is 2.30. The predicted molar refractivity (Wildman–Crippen MR) is 88.9 cm³/mol. The number of nitrogens with zero attached hydrogens (tertiary/aromatic N) is 1. The van der Waals surface area contributed by atoms with Gasteiger partial charge in [-0.15, -0.1) is 0 Å². The number of allylic oxidation sites excluding steroid dienone is 1. The van der Waals surface area contributed by atoms with Gasteiger partial charge in [0.1, 0.15) is 6.07 Å². The minimum atomic E-state index is -4.51. The number of hydrogen-bond acceptors (Lipinski definition) is 4. The first kappa shape index (κ1) is 19.1. The van der Waals surface area contributed by atoms with Crippen LogP contribution in [0.5, 0.6) is 11.5 Å². The van der Waals surface area contributed by atoms with Crippen molar-refractivity contribution in [2.75, 3.05) is 13.7 Å². The summed E-state index contributed by atoms with van der Waals surface area (Å²) in [6, 6.07) is 10.9. The maximum Gasteiger partial charge on any atom is 0.416 e. The average Bonchev–Trinajstić information content (AvgIpc) is 2.64. The van der Waals surface area contributed by atoms with Crippen molar-refractivity contribution in [1.29, 1.82) is 5.26 Å². The number of carbonyl (C=O) groups excluding carboxylic acids is 1. The molecule has 2 rings (SSSR count). The Hall–Kier alpha value is -3.27. The second-order valence-electron chi connectivity index (χ2n) is 5.13. The highest BCUT2D eigenvalue weighted by Gasteiger charge is 2.30. The van der Waals surface area contributed by atoms with E-state index in [0.29, 0.717) is 17.1 Å². The monoisotopic (exact) mass is 361 g/mol. The summed E-state index contributed by atoms with van der Waals surface area (Å²) in [4.78, 5) is 12.1. The molecule has 7 heteroatoms. The number of halogens is 3. The van der Waals surface area contributed by atoms with E-state index in [1.54, 1.807) is 18.2 Å². The molecule has 0 spiro atoms. The molecule has 134 valence electrons. The summed E-state index contributed by atoms with van der Waals surface area (Å²) in [5.74, 6) is 0.184. The van der Waals surface area contributed by atoms with Crippen molar-refractivity contribution in [2.24, 2.45) is 0 Å². The molecule has 0 saturated heterocycles. The summed E-state index contributed by atoms with van der Waals surface area (Å²) in [7, 11) is 1.43. The van der Waals surface area contributed by atoms with Gasteiger partial charge in [0.2, 0.25) is 0 Å². The third-order valence-corrected chi connectivity index (χ3v) is 3.38. The number of alkyl halides is 3. The van der Waals surface area contributed by atoms with Crippen molar-refractivity contribution >= 4 is 11.9 Å². The number of ether oxygens (including phenoxy) is 2. The molecule has 0 radical (unpaired) electrons. The van der Waals surface area contributed by atoms with Crippen molar-refractivity contribution in [2.45, 2.75) is 6.18 Å². The Labute approximate surface area is 148 Å². The quantitative estimate of drug-likeness (QED) is 0.561. The highest BCUT2D eigenvalue weighted by molar-refractivity contribution is 6.06. The van der Waals surface area contributed by atoms with Gasteiger partial charge in [-0.2, -0.15) is 18.4 Å². The van der Waals surface area contributed by atoms with E-state index in [-0.39, 0.29) is 12.2 Å². The minimum absolute atomic E-state index is 0.0583. The zero-order valence-electron chi connectivity index (χ0n) is 13.7. The van der Waals surface area contributed by atoms with Gasteiger partial charge >= 0.3 is 6.18 Å². The lowest BCUT2D eigenvalue weighted by Gasteiger charge is -2.09. The highest BCUT2D eigenvalue weighted by atomic mass is 19.4. The molecular weight excluding hydrogens is 347 g/mol. The Morgan fingerprint density at radius 3 is 2.62 bits per heavy atom. The molecule has 0 unspecified atom stereocenters. The molecule has 0 atom stereocenters. The van der Waals surface area contributed by atoms with Crippen LogP contribution in [0.15, 0.2) is 48.5 Å². The number of ketones is 1. The molecule has 0 bridgehead atoms. The van der Waals surface area contributed by atoms with Gasteiger partial charge in [0, 0.05) is 5.56 Å². The Morgan fingerprint density at radius 1 is 1.19 bits per heavy atom. The van der Waals surface area contributed by atoms with Crippen molar-refractivity contribution in [3.63, 3.8) is 0 Å². The van der Waals surface area contributed by atoms with E-state index in [1.807, 2.05) is 6.07 Å². The van der Waals surface area contributed by atoms with Crippen LogP contribution in [0.4, 0.5) is 13.2 Å². The van der Waals surface area contributed by atoms with Crippen molar-refractivity contribution in [1.82, 2.24) is 0 Å². The van der Waals surface area contributed by atoms with E-state index in [4.69, 9.17) is 14.7 Å². The Kier molecular flexibility index (Phi) is 6.02. The molecular formula is C19H14F3NO3. The lowest BCUT2D eigenvalue weighted by atomic mass is 10.1. The fourth-order valence-electron chi connectivity index (χ4n) is 2.13. The Morgan fingerprint density at radius 2 is 1.96 bits per heavy atom. The molecule has 2 aromatic carbocycles. The van der Waals surface area contributed by atoms with Crippen LogP contribution < -0.4 is 9.47 Å². The molecule has 0 aliphatic heterocycles. The van der Waals surface area contributed by atoms with E-state index in [1.165, 1.54) is 31.4 Å². The van der Waals surface area contributed by atoms with Crippen molar-refractivity contribution < 1.29 is 27.4 Å². The molecule has 0 N–H and O–H groups in total. The van der Waals surface area contributed by atoms with Crippen LogP contribution >= 0.6 is 0 Å². The number of carbonyl (C=O) groups is 1. The number of benzene rings is 2. The van der Waals surface area contributed by atoms with E-state index >= 15 is 0 Å². The summed E-state index contributed by atoms with van der Waals surface area (Å²) in [6.07, 6.45) is -1.87. The topological polar surface area (TPSA) is 59.3 Å². The minimum Gasteiger partial charge on any atom is -0.493 e. The molecule has 2 aromatic rings. The zero-order chi connectivity index (χ0) is 19.2. The van der Waals surface area contributed by atoms with Gasteiger partial charge in [0.05, 0.1) is 12.7 Å². The van der Waals surface area contributed by atoms with Gasteiger partial charge in [-0.1, -0.05) is 24.3 Å². The molecule has 0 aliphatic rings. The van der Waals surface area contributed by atoms with Gasteiger partial charge in [0.25, 0.3) is 0 Å². The van der Waals surface area contributed by atoms with Crippen LogP contribution in [0.25, 0.3) is 6.08 Å². The van der Waals surface area contributed by atoms with Gasteiger partial charge in [0.15, 0.2) is 23.9 Å². The second kappa shape index (κ2) is 8.21. The number of rotatable bonds is 6. The lowest BCUT2D eigenvalue weighted by molar-refractivity contribution is -0.137. The van der Waals surface area contributed by atoms with Crippen LogP contribution in [0.1, 0.15) is 21.5 Å². The third kappa shape index (κ3) is 4.86. The number of hydrogen-bond donors (Lipinski definition) is 0. The van der Waals surface area contributed by atoms with E-state index in [9.17, 15) is 18.0 Å². The summed E-state index contributed by atoms with van der Waals surface area (Å²) >= 11 is 0. The molecule has 0 saturated carbocycles. The van der Waals surface area contributed by atoms with Crippen LogP contribution in [-0.4, -0.2) is 19.5 Å². The molecule has 0 aromatic heterocycles. The summed E-state index contributed by atoms with van der Waals surface area (Å²) in [5, 5.41) is 8.53. The molecule has 0 aliphatic carbocycles. The molecule has 0 amide bonds. The smallest absolute Gasteiger partial charge is 0.416 e. The van der Waals surface area contributed by atoms with Crippen LogP contribution in [0, 0.1) is 11.3 Å². The van der Waals surface area contributed by atoms with E-state index in [2.05, 4.69) is 0 Å². The summed E-state index contributed by atoms with van der Waals surface area (Å²) in [6.45, 7) is -0.139. The Balaban J connectivity index is 2.19. The van der Waals surface area contributed by atoms with Gasteiger partial charge in [-0.25, -0.2) is 0 Å². The molecule has 26 heavy (non-hydrogen) atoms. The zero-order valence-corrected chi connectivity index (χ0v) is 13.7. The van der Waals surface area contributed by atoms with Gasteiger partial charge < -0.3 is 9.47 Å². The largest absolute Gasteiger partial charge is 0.493 e. The summed E-state index contributed by atoms with van der Waals surface area (Å²) < 4.78 is 48.5. The SMILES string of the molecule is COc1cc(C=CC(=O)c2cccc(C(F)(F)F)c2)ccc1OCC#N. The van der Waals surface area contributed by atoms with Gasteiger partial charge in [-0.3, -0.25) is 4.79 Å². The normalized spacial score (nSPS) is 11.2. The van der Waals surface area contributed by atoms with Crippen LogP contribution in [-0.2, 0) is 6.18 Å². The fourth-order valence-corrected chi connectivity index (χ4v) is 2.13. The summed E-state index contributed by atoms with van der Waals surface area (Å²) in [5.41, 5.74) is -0.346. The van der Waals surface area contributed by atoms with Crippen molar-refractivity contribution in [3.8, 4) is 17.6 Å².